The molecule has 3 aromatic heterocycles. The van der Waals surface area contributed by atoms with E-state index < -0.39 is 22.5 Å². The van der Waals surface area contributed by atoms with Crippen LogP contribution in [0.1, 0.15) is 195 Å². The number of hydrogen-bond donors (Lipinski definition) is 2. The number of likely N-dealkylation sites (N-methyl/N-ethyl adjacent to an activating group) is 1. The molecule has 2 N–H and O–H groups in total. The van der Waals surface area contributed by atoms with Crippen molar-refractivity contribution in [3.63, 3.8) is 0 Å². The van der Waals surface area contributed by atoms with Gasteiger partial charge in [-0.1, -0.05) is 150 Å². The Kier molecular flexibility index (Phi) is 17.7. The molecular weight excluding hydrogens is 1100 g/mol. The second-order valence-electron chi connectivity index (χ2n) is 28.1. The Morgan fingerprint density at radius 2 is 1.02 bits per heavy atom. The maximum Gasteiger partial charge on any atom is 0.340 e. The normalized spacial score (nSPS) is 12.4. The van der Waals surface area contributed by atoms with Crippen molar-refractivity contribution in [1.29, 1.82) is 0 Å². The summed E-state index contributed by atoms with van der Waals surface area (Å²) in [5, 5.41) is 12.1. The van der Waals surface area contributed by atoms with Gasteiger partial charge in [0, 0.05) is 63.2 Å². The Morgan fingerprint density at radius 1 is 0.573 bits per heavy atom. The van der Waals surface area contributed by atoms with E-state index in [2.05, 4.69) is 196 Å². The molecule has 12 nitrogen and oxygen atoms in total. The van der Waals surface area contributed by atoms with Gasteiger partial charge in [0.1, 0.15) is 12.2 Å². The van der Waals surface area contributed by atoms with Crippen molar-refractivity contribution in [3.8, 4) is 45.9 Å². The summed E-state index contributed by atoms with van der Waals surface area (Å²) < 4.78 is 11.2. The number of hydrogen-bond acceptors (Lipinski definition) is 9. The number of aromatic amines is 2. The number of fused-ring (bicyclic) bond motifs is 8. The zero-order valence-corrected chi connectivity index (χ0v) is 54.7. The second kappa shape index (κ2) is 24.6. The number of nitro benzene ring substituents is 1. The molecule has 0 unspecified atom stereocenters. The maximum atomic E-state index is 13.9. The minimum Gasteiger partial charge on any atom is -0.460 e. The monoisotopic (exact) mass is 1190 g/mol. The van der Waals surface area contributed by atoms with Crippen molar-refractivity contribution in [1.82, 2.24) is 19.9 Å². The van der Waals surface area contributed by atoms with Crippen molar-refractivity contribution < 1.29 is 24.0 Å². The fourth-order valence-corrected chi connectivity index (χ4v) is 10.5. The number of rotatable bonds is 10. The molecule has 4 aromatic carbocycles. The van der Waals surface area contributed by atoms with Crippen LogP contribution < -0.4 is 4.90 Å². The van der Waals surface area contributed by atoms with Gasteiger partial charge in [-0.3, -0.25) is 10.1 Å². The predicted molar refractivity (Wildman–Crippen MR) is 365 cm³/mol. The first-order valence-electron chi connectivity index (χ1n) is 30.4. The van der Waals surface area contributed by atoms with Crippen molar-refractivity contribution in [3.05, 3.63) is 198 Å². The van der Waals surface area contributed by atoms with Crippen molar-refractivity contribution in [2.24, 2.45) is 0 Å². The predicted octanol–water partition coefficient (Wildman–Crippen LogP) is 17.8. The van der Waals surface area contributed by atoms with Crippen LogP contribution in [-0.4, -0.2) is 62.1 Å². The number of nitrogens with zero attached hydrogens (tertiary/aromatic N) is 4. The van der Waals surface area contributed by atoms with Crippen molar-refractivity contribution >= 4 is 69.7 Å². The molecule has 0 spiro atoms. The number of nitrogens with one attached hydrogen (secondary N) is 2. The highest BCUT2D eigenvalue weighted by molar-refractivity contribution is 5.97. The van der Waals surface area contributed by atoms with Gasteiger partial charge in [-0.25, -0.2) is 19.6 Å². The van der Waals surface area contributed by atoms with Gasteiger partial charge >= 0.3 is 11.9 Å². The summed E-state index contributed by atoms with van der Waals surface area (Å²) in [6, 6.07) is 34.2. The highest BCUT2D eigenvalue weighted by Gasteiger charge is 2.27. The summed E-state index contributed by atoms with van der Waals surface area (Å²) in [7, 11) is 0. The van der Waals surface area contributed by atoms with Crippen LogP contribution in [0.3, 0.4) is 0 Å². The molecule has 0 radical (unpaired) electrons. The molecule has 12 heteroatoms. The zero-order chi connectivity index (χ0) is 64.7. The first-order chi connectivity index (χ1) is 41.6. The lowest BCUT2D eigenvalue weighted by molar-refractivity contribution is -0.384. The quantitative estimate of drug-likeness (QED) is 0.0447. The summed E-state index contributed by atoms with van der Waals surface area (Å²) >= 11 is 0. The molecule has 0 saturated carbocycles. The molecule has 0 amide bonds. The molecule has 5 heterocycles. The zero-order valence-electron chi connectivity index (χ0n) is 54.7. The van der Waals surface area contributed by atoms with Crippen LogP contribution in [0.2, 0.25) is 0 Å². The molecule has 7 aromatic rings. The number of carbonyl (C=O) groups is 2. The van der Waals surface area contributed by atoms with Crippen LogP contribution in [0.25, 0.3) is 68.6 Å². The third-order valence-electron chi connectivity index (χ3n) is 15.7. The average molecular weight is 1190 g/mol. The highest BCUT2D eigenvalue weighted by atomic mass is 16.6. The first-order valence-corrected chi connectivity index (χ1v) is 30.4. The number of carbonyl (C=O) groups excluding carboxylic acids is 2. The number of esters is 2. The van der Waals surface area contributed by atoms with E-state index in [1.807, 2.05) is 48.6 Å². The minimum absolute atomic E-state index is 0.0320. The van der Waals surface area contributed by atoms with E-state index in [4.69, 9.17) is 19.4 Å². The number of aromatic nitrogens is 4. The average Bonchev–Trinajstić information content (AvgIpc) is 1.75. The van der Waals surface area contributed by atoms with E-state index in [9.17, 15) is 19.7 Å². The summed E-state index contributed by atoms with van der Waals surface area (Å²) in [6.45, 7) is 40.9. The molecule has 0 fully saturated rings. The summed E-state index contributed by atoms with van der Waals surface area (Å²) in [5.74, 6) is 12.7. The van der Waals surface area contributed by atoms with Gasteiger partial charge in [0.25, 0.3) is 5.69 Å². The fourth-order valence-electron chi connectivity index (χ4n) is 10.5. The Bertz CT molecular complexity index is 4140. The molecule has 0 atom stereocenters. The van der Waals surface area contributed by atoms with Gasteiger partial charge in [0.05, 0.1) is 62.0 Å². The highest BCUT2D eigenvalue weighted by Crippen LogP contribution is 2.41. The number of nitro groups is 1. The Morgan fingerprint density at radius 3 is 1.45 bits per heavy atom. The topological polar surface area (TPSA) is 156 Å². The molecule has 456 valence electrons. The van der Waals surface area contributed by atoms with Crippen LogP contribution in [0.15, 0.2) is 115 Å². The lowest BCUT2D eigenvalue weighted by atomic mass is 9.78. The van der Waals surface area contributed by atoms with Gasteiger partial charge in [0.2, 0.25) is 0 Å². The van der Waals surface area contributed by atoms with E-state index in [0.29, 0.717) is 47.0 Å². The standard InChI is InChI=1S/C77H82N6O6/c1-19-82(38-39-88-71(84)47(2)3)56-25-20-48(21-26-56)22-28-58-61-30-34-65(78-61)69(50-40-52(73(4,5)6)44-53(41-50)74(7,8)9)67-36-32-63(80-67)59(29-24-49-23-27-57(83(86)87)46-60(49)72(85)89-77(16,17)18)64-33-37-68(81-64)70(66-35-31-62(58)79-66)51-42-54(75(10,11)12)45-55(43-51)76(13,14)15/h20-21,23,25-27,30-37,40-46,78-79H,2,19,38-39H2,1,3-18H3. The first kappa shape index (κ1) is 64.0. The number of ether oxygens (including phenoxy) is 2. The Balaban J connectivity index is 1.39. The second-order valence-corrected chi connectivity index (χ2v) is 28.1. The number of anilines is 1. The largest absolute Gasteiger partial charge is 0.460 e. The van der Waals surface area contributed by atoms with Gasteiger partial charge < -0.3 is 24.3 Å². The van der Waals surface area contributed by atoms with Gasteiger partial charge in [0.15, 0.2) is 0 Å². The SMILES string of the molecule is C=C(C)C(=O)OCCN(CC)c1ccc(C#Cc2c3ccc([nH]3)c(-c3cc(C(C)(C)C)cc(C(C)(C)C)c3)c3nc(c(C#Cc4ccc([N+](=O)[O-])cc4C(=O)OC(C)(C)C)c4nc(c(-c5cc(C(C)(C)C)cc(C(C)(C)C)c5)c5ccc2[nH]5)C=C4)C=C3)cc1. The van der Waals surface area contributed by atoms with Crippen LogP contribution >= 0.6 is 0 Å². The molecule has 89 heavy (non-hydrogen) atoms. The summed E-state index contributed by atoms with van der Waals surface area (Å²) in [4.78, 5) is 58.6. The summed E-state index contributed by atoms with van der Waals surface area (Å²) in [6.07, 6.45) is 7.93. The van der Waals surface area contributed by atoms with E-state index in [-0.39, 0.29) is 45.1 Å². The third-order valence-corrected chi connectivity index (χ3v) is 15.7. The van der Waals surface area contributed by atoms with Crippen molar-refractivity contribution in [2.45, 2.75) is 145 Å². The molecule has 0 aliphatic carbocycles. The van der Waals surface area contributed by atoms with E-state index >= 15 is 0 Å². The Hall–Kier alpha value is -9.52. The lowest BCUT2D eigenvalue weighted by Crippen LogP contribution is -2.28. The maximum absolute atomic E-state index is 13.9. The molecular formula is C77H82N6O6. The minimum atomic E-state index is -0.886. The summed E-state index contributed by atoms with van der Waals surface area (Å²) in [5.41, 5.74) is 15.5. The molecule has 2 aliphatic rings. The van der Waals surface area contributed by atoms with Crippen molar-refractivity contribution in [2.75, 3.05) is 24.6 Å². The van der Waals surface area contributed by atoms with Crippen LogP contribution in [0, 0.1) is 33.8 Å². The van der Waals surface area contributed by atoms with Gasteiger partial charge in [-0.15, -0.1) is 0 Å². The number of non-ortho nitro benzene ring substituents is 1. The molecule has 9 rings (SSSR count). The van der Waals surface area contributed by atoms with E-state index in [1.54, 1.807) is 27.7 Å². The van der Waals surface area contributed by atoms with Crippen LogP contribution in [0.5, 0.6) is 0 Å². The number of benzene rings is 4. The van der Waals surface area contributed by atoms with E-state index in [1.165, 1.54) is 40.5 Å². The molecule has 2 aliphatic heterocycles. The molecule has 8 bridgehead atoms. The van der Waals surface area contributed by atoms with Crippen LogP contribution in [-0.2, 0) is 35.9 Å². The third kappa shape index (κ3) is 14.7. The smallest absolute Gasteiger partial charge is 0.340 e. The molecule has 0 saturated heterocycles. The number of H-pyrrole nitrogens is 2. The van der Waals surface area contributed by atoms with Gasteiger partial charge in [-0.2, -0.15) is 0 Å². The van der Waals surface area contributed by atoms with Crippen LogP contribution in [0.4, 0.5) is 11.4 Å². The Labute approximate surface area is 524 Å². The van der Waals surface area contributed by atoms with E-state index in [0.717, 1.165) is 61.1 Å². The lowest BCUT2D eigenvalue weighted by Gasteiger charge is -2.26. The fraction of sp³-hybridized carbons (Fsp3) is 0.325. The van der Waals surface area contributed by atoms with Gasteiger partial charge in [-0.05, 0) is 169 Å².